The summed E-state index contributed by atoms with van der Waals surface area (Å²) in [5, 5.41) is 15.3. The first kappa shape index (κ1) is 14.8. The van der Waals surface area contributed by atoms with Gasteiger partial charge in [0.15, 0.2) is 5.82 Å². The SMILES string of the molecule is O=C(Nc1ccc(-c2nnnn2C2CC2)cc1)c1cccc(Cl)c1. The average Bonchev–Trinajstić information content (AvgIpc) is 3.32. The predicted molar refractivity (Wildman–Crippen MR) is 90.9 cm³/mol. The third-order valence-corrected chi connectivity index (χ3v) is 4.11. The molecule has 0 spiro atoms. The molecule has 1 heterocycles. The molecule has 0 unspecified atom stereocenters. The van der Waals surface area contributed by atoms with Crippen molar-refractivity contribution in [1.29, 1.82) is 0 Å². The molecule has 3 aromatic rings. The largest absolute Gasteiger partial charge is 0.322 e. The zero-order valence-corrected chi connectivity index (χ0v) is 13.4. The summed E-state index contributed by atoms with van der Waals surface area (Å²) >= 11 is 5.91. The highest BCUT2D eigenvalue weighted by Crippen LogP contribution is 2.36. The maximum atomic E-state index is 12.2. The van der Waals surface area contributed by atoms with Gasteiger partial charge in [-0.3, -0.25) is 4.79 Å². The third kappa shape index (κ3) is 3.00. The highest BCUT2D eigenvalue weighted by Gasteiger charge is 2.28. The van der Waals surface area contributed by atoms with Gasteiger partial charge in [0.1, 0.15) is 0 Å². The molecule has 0 radical (unpaired) electrons. The lowest BCUT2D eigenvalue weighted by molar-refractivity contribution is 0.102. The van der Waals surface area contributed by atoms with Crippen LogP contribution in [0.5, 0.6) is 0 Å². The van der Waals surface area contributed by atoms with Crippen molar-refractivity contribution in [3.05, 3.63) is 59.1 Å². The fourth-order valence-corrected chi connectivity index (χ4v) is 2.67. The molecule has 0 bridgehead atoms. The molecule has 1 aromatic heterocycles. The van der Waals surface area contributed by atoms with Gasteiger partial charge in [-0.1, -0.05) is 17.7 Å². The summed E-state index contributed by atoms with van der Waals surface area (Å²) in [7, 11) is 0. The number of hydrogen-bond donors (Lipinski definition) is 1. The van der Waals surface area contributed by atoms with Gasteiger partial charge >= 0.3 is 0 Å². The lowest BCUT2D eigenvalue weighted by atomic mass is 10.1. The van der Waals surface area contributed by atoms with Crippen LogP contribution < -0.4 is 5.32 Å². The minimum absolute atomic E-state index is 0.201. The van der Waals surface area contributed by atoms with E-state index in [-0.39, 0.29) is 5.91 Å². The molecule has 1 fully saturated rings. The van der Waals surface area contributed by atoms with E-state index in [4.69, 9.17) is 11.6 Å². The van der Waals surface area contributed by atoms with Crippen molar-refractivity contribution in [1.82, 2.24) is 20.2 Å². The number of rotatable bonds is 4. The number of nitrogens with zero attached hydrogens (tertiary/aromatic N) is 4. The molecule has 2 aromatic carbocycles. The van der Waals surface area contributed by atoms with Crippen molar-refractivity contribution < 1.29 is 4.79 Å². The van der Waals surface area contributed by atoms with E-state index >= 15 is 0 Å². The third-order valence-electron chi connectivity index (χ3n) is 3.87. The van der Waals surface area contributed by atoms with Crippen LogP contribution in [0.2, 0.25) is 5.02 Å². The van der Waals surface area contributed by atoms with Crippen molar-refractivity contribution in [2.75, 3.05) is 5.32 Å². The highest BCUT2D eigenvalue weighted by molar-refractivity contribution is 6.31. The van der Waals surface area contributed by atoms with Crippen LogP contribution >= 0.6 is 11.6 Å². The summed E-state index contributed by atoms with van der Waals surface area (Å²) in [4.78, 5) is 12.2. The second kappa shape index (κ2) is 6.05. The van der Waals surface area contributed by atoms with Crippen LogP contribution in [-0.2, 0) is 0 Å². The molecular weight excluding hydrogens is 326 g/mol. The highest BCUT2D eigenvalue weighted by atomic mass is 35.5. The first-order valence-electron chi connectivity index (χ1n) is 7.66. The molecule has 120 valence electrons. The molecule has 1 N–H and O–H groups in total. The predicted octanol–water partition coefficient (Wildman–Crippen LogP) is 3.58. The van der Waals surface area contributed by atoms with E-state index in [0.717, 1.165) is 24.2 Å². The first-order chi connectivity index (χ1) is 11.7. The van der Waals surface area contributed by atoms with Crippen LogP contribution in [0.1, 0.15) is 29.2 Å². The molecule has 4 rings (SSSR count). The average molecular weight is 340 g/mol. The number of nitrogens with one attached hydrogen (secondary N) is 1. The fraction of sp³-hybridized carbons (Fsp3) is 0.176. The molecule has 0 aliphatic heterocycles. The molecule has 1 amide bonds. The summed E-state index contributed by atoms with van der Waals surface area (Å²) in [5.41, 5.74) is 2.14. The molecular formula is C17H14ClN5O. The van der Waals surface area contributed by atoms with Gasteiger partial charge in [-0.05, 0) is 65.7 Å². The van der Waals surface area contributed by atoms with Crippen LogP contribution in [-0.4, -0.2) is 26.1 Å². The Kier molecular flexibility index (Phi) is 3.74. The van der Waals surface area contributed by atoms with E-state index in [9.17, 15) is 4.79 Å². The summed E-state index contributed by atoms with van der Waals surface area (Å²) in [6.07, 6.45) is 2.23. The van der Waals surface area contributed by atoms with Crippen molar-refractivity contribution >= 4 is 23.2 Å². The summed E-state index contributed by atoms with van der Waals surface area (Å²) in [5.74, 6) is 0.554. The van der Waals surface area contributed by atoms with Gasteiger partial charge in [0.25, 0.3) is 5.91 Å². The van der Waals surface area contributed by atoms with E-state index in [1.54, 1.807) is 24.3 Å². The quantitative estimate of drug-likeness (QED) is 0.788. The number of anilines is 1. The van der Waals surface area contributed by atoms with Crippen LogP contribution in [0.3, 0.4) is 0 Å². The summed E-state index contributed by atoms with van der Waals surface area (Å²) < 4.78 is 1.86. The number of aromatic nitrogens is 4. The Balaban J connectivity index is 1.51. The Bertz CT molecular complexity index is 886. The Morgan fingerprint density at radius 1 is 1.17 bits per heavy atom. The molecule has 1 aliphatic carbocycles. The zero-order chi connectivity index (χ0) is 16.5. The molecule has 6 nitrogen and oxygen atoms in total. The van der Waals surface area contributed by atoms with Crippen molar-refractivity contribution in [2.24, 2.45) is 0 Å². The number of tetrazole rings is 1. The second-order valence-electron chi connectivity index (χ2n) is 5.72. The minimum Gasteiger partial charge on any atom is -0.322 e. The maximum absolute atomic E-state index is 12.2. The van der Waals surface area contributed by atoms with Crippen LogP contribution in [0, 0.1) is 0 Å². The topological polar surface area (TPSA) is 72.7 Å². The number of halogens is 1. The van der Waals surface area contributed by atoms with Gasteiger partial charge in [0.05, 0.1) is 6.04 Å². The normalized spacial score (nSPS) is 13.7. The Morgan fingerprint density at radius 2 is 1.96 bits per heavy atom. The van der Waals surface area contributed by atoms with Gasteiger partial charge in [-0.25, -0.2) is 4.68 Å². The van der Waals surface area contributed by atoms with E-state index in [2.05, 4.69) is 20.8 Å². The molecule has 0 saturated heterocycles. The van der Waals surface area contributed by atoms with Crippen molar-refractivity contribution in [2.45, 2.75) is 18.9 Å². The van der Waals surface area contributed by atoms with E-state index in [0.29, 0.717) is 22.3 Å². The van der Waals surface area contributed by atoms with E-state index in [1.807, 2.05) is 28.9 Å². The zero-order valence-electron chi connectivity index (χ0n) is 12.7. The van der Waals surface area contributed by atoms with Gasteiger partial charge in [0, 0.05) is 21.8 Å². The number of benzene rings is 2. The second-order valence-corrected chi connectivity index (χ2v) is 6.16. The number of hydrogen-bond acceptors (Lipinski definition) is 4. The van der Waals surface area contributed by atoms with Crippen LogP contribution in [0.15, 0.2) is 48.5 Å². The standard InChI is InChI=1S/C17H14ClN5O/c18-13-3-1-2-12(10-13)17(24)19-14-6-4-11(5-7-14)16-20-21-22-23(16)15-8-9-15/h1-7,10,15H,8-9H2,(H,19,24). The summed E-state index contributed by atoms with van der Waals surface area (Å²) in [6.45, 7) is 0. The van der Waals surface area contributed by atoms with Crippen molar-refractivity contribution in [3.63, 3.8) is 0 Å². The smallest absolute Gasteiger partial charge is 0.255 e. The molecule has 1 saturated carbocycles. The lowest BCUT2D eigenvalue weighted by Crippen LogP contribution is -2.11. The van der Waals surface area contributed by atoms with Gasteiger partial charge < -0.3 is 5.32 Å². The molecule has 7 heteroatoms. The molecule has 24 heavy (non-hydrogen) atoms. The van der Waals surface area contributed by atoms with Crippen molar-refractivity contribution in [3.8, 4) is 11.4 Å². The first-order valence-corrected chi connectivity index (χ1v) is 8.04. The van der Waals surface area contributed by atoms with Gasteiger partial charge in [-0.2, -0.15) is 0 Å². The Hall–Kier alpha value is -2.73. The van der Waals surface area contributed by atoms with Crippen LogP contribution in [0.4, 0.5) is 5.69 Å². The van der Waals surface area contributed by atoms with E-state index in [1.165, 1.54) is 0 Å². The molecule has 1 aliphatic rings. The van der Waals surface area contributed by atoms with Gasteiger partial charge in [0.2, 0.25) is 0 Å². The number of carbonyl (C=O) groups is 1. The number of amides is 1. The van der Waals surface area contributed by atoms with Gasteiger partial charge in [-0.15, -0.1) is 5.10 Å². The minimum atomic E-state index is -0.201. The number of carbonyl (C=O) groups excluding carboxylic acids is 1. The maximum Gasteiger partial charge on any atom is 0.255 e. The fourth-order valence-electron chi connectivity index (χ4n) is 2.48. The van der Waals surface area contributed by atoms with Crippen LogP contribution in [0.25, 0.3) is 11.4 Å². The summed E-state index contributed by atoms with van der Waals surface area (Å²) in [6, 6.07) is 14.7. The Morgan fingerprint density at radius 3 is 2.67 bits per heavy atom. The lowest BCUT2D eigenvalue weighted by Gasteiger charge is -2.07. The Labute approximate surface area is 143 Å². The molecule has 0 atom stereocenters. The monoisotopic (exact) mass is 339 g/mol. The van der Waals surface area contributed by atoms with E-state index < -0.39 is 0 Å².